The number of nitrogens with one attached hydrogen (secondary N) is 1. The highest BCUT2D eigenvalue weighted by atomic mass is 35.5. The molecule has 1 fully saturated rings. The van der Waals surface area contributed by atoms with E-state index >= 15 is 0 Å². The fourth-order valence-corrected chi connectivity index (χ4v) is 4.27. The van der Waals surface area contributed by atoms with E-state index in [0.717, 1.165) is 60.7 Å². The second kappa shape index (κ2) is 9.29. The van der Waals surface area contributed by atoms with Gasteiger partial charge in [-0.25, -0.2) is 4.98 Å². The summed E-state index contributed by atoms with van der Waals surface area (Å²) in [7, 11) is 0. The summed E-state index contributed by atoms with van der Waals surface area (Å²) in [5, 5.41) is 0.755. The minimum absolute atomic E-state index is 0.703. The van der Waals surface area contributed by atoms with E-state index in [2.05, 4.69) is 39.3 Å². The van der Waals surface area contributed by atoms with Gasteiger partial charge in [-0.15, -0.1) is 0 Å². The molecule has 0 amide bonds. The fraction of sp³-hybridized carbons (Fsp3) is 0.381. The highest BCUT2D eigenvalue weighted by Gasteiger charge is 2.13. The van der Waals surface area contributed by atoms with Crippen LogP contribution in [0.2, 0.25) is 5.02 Å². The number of nitrogens with zero attached hydrogens (tertiary/aromatic N) is 3. The maximum atomic E-state index is 5.95. The number of rotatable bonds is 7. The first-order valence-electron chi connectivity index (χ1n) is 9.66. The number of morpholine rings is 1. The van der Waals surface area contributed by atoms with Crippen molar-refractivity contribution in [1.82, 2.24) is 19.2 Å². The number of hydrogen-bond acceptors (Lipinski definition) is 5. The average Bonchev–Trinajstić information content (AvgIpc) is 3.07. The Balaban J connectivity index is 1.46. The number of halogens is 1. The van der Waals surface area contributed by atoms with Gasteiger partial charge in [-0.2, -0.15) is 0 Å². The molecule has 1 aliphatic heterocycles. The summed E-state index contributed by atoms with van der Waals surface area (Å²) in [5.74, 6) is 1.06. The van der Waals surface area contributed by atoms with Crippen LogP contribution in [0, 0.1) is 0 Å². The van der Waals surface area contributed by atoms with Crippen LogP contribution >= 0.6 is 23.5 Å². The van der Waals surface area contributed by atoms with Crippen LogP contribution < -0.4 is 4.72 Å². The van der Waals surface area contributed by atoms with Crippen molar-refractivity contribution in [2.45, 2.75) is 31.5 Å². The van der Waals surface area contributed by atoms with Gasteiger partial charge in [0.2, 0.25) is 0 Å². The number of imidazole rings is 1. The van der Waals surface area contributed by atoms with Crippen LogP contribution in [-0.2, 0) is 24.4 Å². The molecule has 0 atom stereocenters. The van der Waals surface area contributed by atoms with E-state index in [1.54, 1.807) is 11.9 Å². The highest BCUT2D eigenvalue weighted by molar-refractivity contribution is 7.97. The molecule has 0 aliphatic carbocycles. The molecular formula is C21H25ClN4OS. The lowest BCUT2D eigenvalue weighted by Crippen LogP contribution is -2.35. The van der Waals surface area contributed by atoms with Crippen LogP contribution in [0.3, 0.4) is 0 Å². The molecule has 3 aromatic rings. The Kier molecular flexibility index (Phi) is 6.54. The summed E-state index contributed by atoms with van der Waals surface area (Å²) in [6.45, 7) is 8.41. The molecule has 4 rings (SSSR count). The maximum Gasteiger partial charge on any atom is 0.124 e. The molecule has 0 spiro atoms. The van der Waals surface area contributed by atoms with Gasteiger partial charge in [0.05, 0.1) is 30.8 Å². The molecule has 5 nitrogen and oxygen atoms in total. The van der Waals surface area contributed by atoms with Gasteiger partial charge in [-0.05, 0) is 60.8 Å². The van der Waals surface area contributed by atoms with Crippen molar-refractivity contribution in [1.29, 1.82) is 0 Å². The number of aromatic nitrogens is 2. The predicted octanol–water partition coefficient (Wildman–Crippen LogP) is 4.34. The van der Waals surface area contributed by atoms with Crippen molar-refractivity contribution in [3.63, 3.8) is 0 Å². The van der Waals surface area contributed by atoms with Gasteiger partial charge in [-0.1, -0.05) is 17.7 Å². The summed E-state index contributed by atoms with van der Waals surface area (Å²) in [6.07, 6.45) is 0. The molecule has 0 saturated carbocycles. The predicted molar refractivity (Wildman–Crippen MR) is 116 cm³/mol. The Morgan fingerprint density at radius 2 is 1.93 bits per heavy atom. The number of hydrogen-bond donors (Lipinski definition) is 1. The molecule has 1 aliphatic rings. The third-order valence-electron chi connectivity index (χ3n) is 4.95. The first-order valence-corrected chi connectivity index (χ1v) is 10.9. The van der Waals surface area contributed by atoms with E-state index in [4.69, 9.17) is 21.3 Å². The third-order valence-corrected chi connectivity index (χ3v) is 6.00. The molecule has 2 heterocycles. The van der Waals surface area contributed by atoms with E-state index in [-0.39, 0.29) is 0 Å². The standard InChI is InChI=1S/C21H25ClN4OS/c1-2-26-20-13-16(15-25-9-11-27-12-10-25)3-8-19(20)24-21(26)14-23-28-18-6-4-17(22)5-7-18/h3-8,13,23H,2,9-12,14-15H2,1H3. The van der Waals surface area contributed by atoms with E-state index < -0.39 is 0 Å². The topological polar surface area (TPSA) is 42.3 Å². The highest BCUT2D eigenvalue weighted by Crippen LogP contribution is 2.22. The lowest BCUT2D eigenvalue weighted by molar-refractivity contribution is 0.0342. The molecule has 1 N–H and O–H groups in total. The van der Waals surface area contributed by atoms with E-state index in [1.165, 1.54) is 11.1 Å². The van der Waals surface area contributed by atoms with Crippen LogP contribution in [0.25, 0.3) is 11.0 Å². The molecule has 1 aromatic heterocycles. The van der Waals surface area contributed by atoms with Crippen molar-refractivity contribution in [3.05, 3.63) is 58.9 Å². The van der Waals surface area contributed by atoms with E-state index in [1.807, 2.05) is 24.3 Å². The molecule has 0 unspecified atom stereocenters. The smallest absolute Gasteiger partial charge is 0.124 e. The summed E-state index contributed by atoms with van der Waals surface area (Å²) in [6, 6.07) is 14.5. The van der Waals surface area contributed by atoms with Crippen molar-refractivity contribution in [2.24, 2.45) is 0 Å². The van der Waals surface area contributed by atoms with Gasteiger partial charge in [0, 0.05) is 36.1 Å². The molecule has 28 heavy (non-hydrogen) atoms. The van der Waals surface area contributed by atoms with Gasteiger partial charge in [0.15, 0.2) is 0 Å². The number of aryl methyl sites for hydroxylation is 1. The van der Waals surface area contributed by atoms with Crippen LogP contribution in [-0.4, -0.2) is 40.8 Å². The second-order valence-electron chi connectivity index (χ2n) is 6.86. The molecule has 7 heteroatoms. The van der Waals surface area contributed by atoms with Crippen LogP contribution in [0.4, 0.5) is 0 Å². The summed E-state index contributed by atoms with van der Waals surface area (Å²) in [4.78, 5) is 8.43. The molecule has 1 saturated heterocycles. The minimum atomic E-state index is 0.703. The number of benzene rings is 2. The largest absolute Gasteiger partial charge is 0.379 e. The van der Waals surface area contributed by atoms with E-state index in [9.17, 15) is 0 Å². The lowest BCUT2D eigenvalue weighted by Gasteiger charge is -2.26. The zero-order chi connectivity index (χ0) is 19.3. The normalized spacial score (nSPS) is 15.4. The first kappa shape index (κ1) is 19.7. The molecule has 148 valence electrons. The van der Waals surface area contributed by atoms with Crippen molar-refractivity contribution >= 4 is 34.6 Å². The minimum Gasteiger partial charge on any atom is -0.379 e. The zero-order valence-electron chi connectivity index (χ0n) is 16.0. The molecule has 0 radical (unpaired) electrons. The van der Waals surface area contributed by atoms with Crippen LogP contribution in [0.15, 0.2) is 47.4 Å². The lowest BCUT2D eigenvalue weighted by atomic mass is 10.2. The van der Waals surface area contributed by atoms with Crippen LogP contribution in [0.1, 0.15) is 18.3 Å². The first-order chi connectivity index (χ1) is 13.7. The van der Waals surface area contributed by atoms with Crippen molar-refractivity contribution in [3.8, 4) is 0 Å². The Labute approximate surface area is 175 Å². The van der Waals surface area contributed by atoms with Gasteiger partial charge in [-0.3, -0.25) is 9.62 Å². The zero-order valence-corrected chi connectivity index (χ0v) is 17.6. The summed E-state index contributed by atoms with van der Waals surface area (Å²) in [5.41, 5.74) is 3.60. The Hall–Kier alpha value is -1.57. The third kappa shape index (κ3) is 4.70. The van der Waals surface area contributed by atoms with E-state index in [0.29, 0.717) is 6.54 Å². The average molecular weight is 417 g/mol. The number of fused-ring (bicyclic) bond motifs is 1. The van der Waals surface area contributed by atoms with Crippen LogP contribution in [0.5, 0.6) is 0 Å². The maximum absolute atomic E-state index is 5.95. The Bertz CT molecular complexity index is 922. The van der Waals surface area contributed by atoms with Crippen molar-refractivity contribution < 1.29 is 4.74 Å². The summed E-state index contributed by atoms with van der Waals surface area (Å²) >= 11 is 7.55. The summed E-state index contributed by atoms with van der Waals surface area (Å²) < 4.78 is 11.2. The Morgan fingerprint density at radius 3 is 2.68 bits per heavy atom. The quantitative estimate of drug-likeness (QED) is 0.580. The molecule has 2 aromatic carbocycles. The van der Waals surface area contributed by atoms with Gasteiger partial charge in [0.25, 0.3) is 0 Å². The second-order valence-corrected chi connectivity index (χ2v) is 8.26. The number of ether oxygens (including phenoxy) is 1. The molecular weight excluding hydrogens is 392 g/mol. The van der Waals surface area contributed by atoms with Gasteiger partial charge in [0.1, 0.15) is 5.82 Å². The van der Waals surface area contributed by atoms with Crippen molar-refractivity contribution in [2.75, 3.05) is 26.3 Å². The van der Waals surface area contributed by atoms with Gasteiger partial charge < -0.3 is 9.30 Å². The molecule has 0 bridgehead atoms. The SMILES string of the molecule is CCn1c(CNSc2ccc(Cl)cc2)nc2ccc(CN3CCOCC3)cc21. The van der Waals surface area contributed by atoms with Gasteiger partial charge >= 0.3 is 0 Å². The monoisotopic (exact) mass is 416 g/mol. The fourth-order valence-electron chi connectivity index (χ4n) is 3.51. The Morgan fingerprint density at radius 1 is 1.14 bits per heavy atom.